The van der Waals surface area contributed by atoms with Crippen molar-refractivity contribution in [3.8, 4) is 9.98 Å². The second-order valence-electron chi connectivity index (χ2n) is 4.38. The average Bonchev–Trinajstić information content (AvgIpc) is 2.14. The van der Waals surface area contributed by atoms with Crippen molar-refractivity contribution in [3.63, 3.8) is 0 Å². The van der Waals surface area contributed by atoms with E-state index < -0.39 is 18.4 Å². The summed E-state index contributed by atoms with van der Waals surface area (Å²) in [4.78, 5) is 8.96. The zero-order valence-corrected chi connectivity index (χ0v) is 12.2. The van der Waals surface area contributed by atoms with Crippen LogP contribution in [0.1, 0.15) is 0 Å². The van der Waals surface area contributed by atoms with Crippen LogP contribution in [0.5, 0.6) is 0 Å². The summed E-state index contributed by atoms with van der Waals surface area (Å²) in [6.07, 6.45) is 0. The molecular weight excluding hydrogens is 277 g/mol. The van der Waals surface area contributed by atoms with Crippen LogP contribution >= 0.6 is 0 Å². The van der Waals surface area contributed by atoms with E-state index >= 15 is 0 Å². The molecule has 0 saturated carbocycles. The molecule has 0 saturated heterocycles. The van der Waals surface area contributed by atoms with Gasteiger partial charge in [-0.2, -0.15) is 0 Å². The monoisotopic (exact) mass is 295 g/mol. The summed E-state index contributed by atoms with van der Waals surface area (Å²) in [5.74, 6) is 0. The fourth-order valence-electron chi connectivity index (χ4n) is 0.968. The predicted molar refractivity (Wildman–Crippen MR) is 66.0 cm³/mol. The molecule has 14 heavy (non-hydrogen) atoms. The Hall–Kier alpha value is -0.621. The summed E-state index contributed by atoms with van der Waals surface area (Å²) in [5, 5.41) is 0. The molecule has 2 heteroatoms. The maximum absolute atomic E-state index is 3.41. The molecule has 0 atom stereocenters. The van der Waals surface area contributed by atoms with Gasteiger partial charge in [-0.05, 0) is 0 Å². The van der Waals surface area contributed by atoms with Gasteiger partial charge in [0.05, 0.1) is 0 Å². The number of para-hydroxylation sites is 1. The van der Waals surface area contributed by atoms with Crippen LogP contribution < -0.4 is 4.90 Å². The van der Waals surface area contributed by atoms with Crippen LogP contribution in [0.3, 0.4) is 0 Å². The van der Waals surface area contributed by atoms with Gasteiger partial charge in [-0.25, -0.2) is 0 Å². The molecule has 0 radical (unpaired) electrons. The average molecular weight is 294 g/mol. The summed E-state index contributed by atoms with van der Waals surface area (Å²) in [7, 11) is 2.01. The van der Waals surface area contributed by atoms with E-state index in [2.05, 4.69) is 36.9 Å². The second-order valence-corrected chi connectivity index (χ2v) is 17.9. The van der Waals surface area contributed by atoms with Crippen molar-refractivity contribution in [2.75, 3.05) is 11.9 Å². The van der Waals surface area contributed by atoms with E-state index in [4.69, 9.17) is 0 Å². The third-order valence-electron chi connectivity index (χ3n) is 1.74. The number of hydrogen-bond acceptors (Lipinski definition) is 1. The molecule has 0 unspecified atom stereocenters. The van der Waals surface area contributed by atoms with Gasteiger partial charge < -0.3 is 0 Å². The molecule has 0 aliphatic carbocycles. The Morgan fingerprint density at radius 1 is 1.07 bits per heavy atom. The number of benzene rings is 1. The third kappa shape index (κ3) is 4.06. The van der Waals surface area contributed by atoms with Crippen LogP contribution in [0, 0.1) is 9.98 Å². The fourth-order valence-corrected chi connectivity index (χ4v) is 2.40. The molecule has 1 aromatic carbocycles. The van der Waals surface area contributed by atoms with Crippen molar-refractivity contribution in [3.05, 3.63) is 30.3 Å². The normalized spacial score (nSPS) is 10.3. The van der Waals surface area contributed by atoms with Gasteiger partial charge in [-0.15, -0.1) is 0 Å². The fraction of sp³-hybridized carbons (Fsp3) is 0.333. The van der Waals surface area contributed by atoms with Crippen LogP contribution in [-0.2, 0) is 0 Å². The zero-order valence-electron chi connectivity index (χ0n) is 9.33. The molecule has 0 amide bonds. The standard InChI is InChI=1S/C9H8N.3CH3.Sn/c1-3-10(2)9-7-5-4-6-8-9;;;;/h4-8H,2H3;3*1H3;. The van der Waals surface area contributed by atoms with Crippen molar-refractivity contribution in [1.29, 1.82) is 0 Å². The SMILES string of the molecule is CN(C#[C][Sn]([CH3])([CH3])[CH3])c1ccccc1. The molecule has 0 fully saturated rings. The van der Waals surface area contributed by atoms with Gasteiger partial charge in [-0.1, -0.05) is 0 Å². The van der Waals surface area contributed by atoms with E-state index in [-0.39, 0.29) is 0 Å². The topological polar surface area (TPSA) is 3.24 Å². The van der Waals surface area contributed by atoms with Crippen molar-refractivity contribution < 1.29 is 0 Å². The van der Waals surface area contributed by atoms with Crippen molar-refractivity contribution in [2.24, 2.45) is 0 Å². The summed E-state index contributed by atoms with van der Waals surface area (Å²) >= 11 is -1.93. The van der Waals surface area contributed by atoms with Gasteiger partial charge in [0, 0.05) is 0 Å². The Morgan fingerprint density at radius 3 is 2.14 bits per heavy atom. The number of hydrogen-bond donors (Lipinski definition) is 0. The van der Waals surface area contributed by atoms with Crippen LogP contribution in [-0.4, -0.2) is 25.4 Å². The third-order valence-corrected chi connectivity index (χ3v) is 4.20. The second kappa shape index (κ2) is 4.74. The van der Waals surface area contributed by atoms with Gasteiger partial charge in [0.1, 0.15) is 0 Å². The van der Waals surface area contributed by atoms with E-state index in [1.807, 2.05) is 30.1 Å². The molecule has 1 nitrogen and oxygen atoms in total. The predicted octanol–water partition coefficient (Wildman–Crippen LogP) is 2.96. The van der Waals surface area contributed by atoms with Crippen molar-refractivity contribution in [1.82, 2.24) is 0 Å². The van der Waals surface area contributed by atoms with E-state index in [1.54, 1.807) is 0 Å². The molecule has 0 N–H and O–H groups in total. The Bertz CT molecular complexity index is 340. The van der Waals surface area contributed by atoms with Crippen molar-refractivity contribution in [2.45, 2.75) is 14.8 Å². The van der Waals surface area contributed by atoms with Gasteiger partial charge in [-0.3, -0.25) is 0 Å². The Morgan fingerprint density at radius 2 is 1.64 bits per heavy atom. The summed E-state index contributed by atoms with van der Waals surface area (Å²) in [6, 6.07) is 13.5. The van der Waals surface area contributed by atoms with Gasteiger partial charge in [0.2, 0.25) is 0 Å². The molecule has 0 spiro atoms. The molecule has 74 valence electrons. The van der Waals surface area contributed by atoms with E-state index in [9.17, 15) is 0 Å². The van der Waals surface area contributed by atoms with Crippen molar-refractivity contribution >= 4 is 24.1 Å². The Labute approximate surface area is 91.0 Å². The number of rotatable bonds is 1. The molecule has 1 aromatic rings. The van der Waals surface area contributed by atoms with Crippen LogP contribution in [0.2, 0.25) is 14.8 Å². The number of anilines is 1. The quantitative estimate of drug-likeness (QED) is 0.437. The van der Waals surface area contributed by atoms with Gasteiger partial charge in [0.25, 0.3) is 0 Å². The molecule has 0 aromatic heterocycles. The minimum absolute atomic E-state index is 1.16. The molecular formula is C12H17NSn. The van der Waals surface area contributed by atoms with Crippen LogP contribution in [0.4, 0.5) is 5.69 Å². The van der Waals surface area contributed by atoms with Crippen LogP contribution in [0.15, 0.2) is 30.3 Å². The summed E-state index contributed by atoms with van der Waals surface area (Å²) < 4.78 is 3.41. The van der Waals surface area contributed by atoms with E-state index in [0.29, 0.717) is 0 Å². The molecule has 0 bridgehead atoms. The molecule has 0 heterocycles. The Balaban J connectivity index is 2.76. The minimum atomic E-state index is -1.93. The molecule has 1 rings (SSSR count). The zero-order chi connectivity index (χ0) is 10.6. The van der Waals surface area contributed by atoms with E-state index in [1.165, 1.54) is 0 Å². The van der Waals surface area contributed by atoms with E-state index in [0.717, 1.165) is 5.69 Å². The summed E-state index contributed by atoms with van der Waals surface area (Å²) in [5.41, 5.74) is 1.16. The first-order valence-corrected chi connectivity index (χ1v) is 14.8. The number of nitrogens with zero attached hydrogens (tertiary/aromatic N) is 1. The first kappa shape index (κ1) is 11.5. The van der Waals surface area contributed by atoms with Gasteiger partial charge >= 0.3 is 91.1 Å². The molecule has 0 aliphatic rings. The Kier molecular flexibility index (Phi) is 3.88. The maximum atomic E-state index is 3.41. The first-order chi connectivity index (χ1) is 6.49. The first-order valence-electron chi connectivity index (χ1n) is 4.81. The summed E-state index contributed by atoms with van der Waals surface area (Å²) in [6.45, 7) is 0. The van der Waals surface area contributed by atoms with Gasteiger partial charge in [0.15, 0.2) is 0 Å². The molecule has 0 aliphatic heterocycles. The van der Waals surface area contributed by atoms with Crippen LogP contribution in [0.25, 0.3) is 0 Å².